The molecular weight excluding hydrogens is 212 g/mol. The first-order valence-corrected chi connectivity index (χ1v) is 6.83. The van der Waals surface area contributed by atoms with Crippen LogP contribution in [0.4, 0.5) is 0 Å². The predicted octanol–water partition coefficient (Wildman–Crippen LogP) is 2.54. The number of amides is 1. The van der Waals surface area contributed by atoms with Crippen LogP contribution in [0, 0.1) is 5.41 Å². The Balaban J connectivity index is 2.46. The van der Waals surface area contributed by atoms with E-state index < -0.39 is 0 Å². The molecule has 0 aromatic carbocycles. The van der Waals surface area contributed by atoms with Gasteiger partial charge in [-0.1, -0.05) is 40.0 Å². The van der Waals surface area contributed by atoms with E-state index in [-0.39, 0.29) is 17.4 Å². The Morgan fingerprint density at radius 1 is 1.29 bits per heavy atom. The zero-order valence-corrected chi connectivity index (χ0v) is 11.8. The topological polar surface area (TPSA) is 46.3 Å². The van der Waals surface area contributed by atoms with E-state index in [4.69, 9.17) is 5.73 Å². The van der Waals surface area contributed by atoms with Crippen molar-refractivity contribution in [3.05, 3.63) is 0 Å². The Morgan fingerprint density at radius 3 is 2.29 bits per heavy atom. The van der Waals surface area contributed by atoms with E-state index in [2.05, 4.69) is 20.8 Å². The molecule has 3 heteroatoms. The molecule has 0 bridgehead atoms. The standard InChI is InChI=1S/C14H28N2O/c1-14(2,3)12(15)10-13(17)16(4)11-8-6-5-7-9-11/h11-12H,5-10,15H2,1-4H3. The molecule has 0 radical (unpaired) electrons. The average molecular weight is 240 g/mol. The first-order chi connectivity index (χ1) is 7.82. The lowest BCUT2D eigenvalue weighted by molar-refractivity contribution is -0.133. The van der Waals surface area contributed by atoms with E-state index in [1.807, 2.05) is 11.9 Å². The summed E-state index contributed by atoms with van der Waals surface area (Å²) in [6.07, 6.45) is 6.62. The Morgan fingerprint density at radius 2 is 1.82 bits per heavy atom. The van der Waals surface area contributed by atoms with Crippen LogP contribution in [0.3, 0.4) is 0 Å². The minimum atomic E-state index is -0.0546. The average Bonchev–Trinajstić information content (AvgIpc) is 2.27. The first-order valence-electron chi connectivity index (χ1n) is 6.83. The van der Waals surface area contributed by atoms with Crippen LogP contribution in [-0.2, 0) is 4.79 Å². The fourth-order valence-corrected chi connectivity index (χ4v) is 2.31. The summed E-state index contributed by atoms with van der Waals surface area (Å²) in [5, 5.41) is 0. The van der Waals surface area contributed by atoms with Gasteiger partial charge in [0.1, 0.15) is 0 Å². The van der Waals surface area contributed by atoms with Crippen molar-refractivity contribution in [3.8, 4) is 0 Å². The van der Waals surface area contributed by atoms with Crippen molar-refractivity contribution in [3.63, 3.8) is 0 Å². The monoisotopic (exact) mass is 240 g/mol. The molecule has 1 fully saturated rings. The van der Waals surface area contributed by atoms with Gasteiger partial charge in [-0.05, 0) is 18.3 Å². The van der Waals surface area contributed by atoms with Gasteiger partial charge in [0.2, 0.25) is 5.91 Å². The number of nitrogens with two attached hydrogens (primary N) is 1. The summed E-state index contributed by atoms with van der Waals surface area (Å²) in [6, 6.07) is 0.393. The highest BCUT2D eigenvalue weighted by Crippen LogP contribution is 2.24. The fraction of sp³-hybridized carbons (Fsp3) is 0.929. The molecule has 0 saturated heterocycles. The Kier molecular flexibility index (Phi) is 4.99. The Labute approximate surface area is 106 Å². The van der Waals surface area contributed by atoms with Crippen LogP contribution in [0.2, 0.25) is 0 Å². The molecule has 1 saturated carbocycles. The van der Waals surface area contributed by atoms with E-state index in [0.29, 0.717) is 12.5 Å². The van der Waals surface area contributed by atoms with E-state index in [1.54, 1.807) is 0 Å². The van der Waals surface area contributed by atoms with Crippen molar-refractivity contribution in [2.75, 3.05) is 7.05 Å². The van der Waals surface area contributed by atoms with Crippen LogP contribution >= 0.6 is 0 Å². The summed E-state index contributed by atoms with van der Waals surface area (Å²) in [4.78, 5) is 14.1. The van der Waals surface area contributed by atoms with Crippen molar-refractivity contribution < 1.29 is 4.79 Å². The minimum absolute atomic E-state index is 0.00304. The van der Waals surface area contributed by atoms with E-state index >= 15 is 0 Å². The van der Waals surface area contributed by atoms with Crippen LogP contribution in [0.25, 0.3) is 0 Å². The van der Waals surface area contributed by atoms with Crippen molar-refractivity contribution in [1.82, 2.24) is 4.90 Å². The van der Waals surface area contributed by atoms with Crippen molar-refractivity contribution in [2.24, 2.45) is 11.1 Å². The van der Waals surface area contributed by atoms with Gasteiger partial charge < -0.3 is 10.6 Å². The molecule has 2 N–H and O–H groups in total. The highest BCUT2D eigenvalue weighted by atomic mass is 16.2. The highest BCUT2D eigenvalue weighted by Gasteiger charge is 2.27. The molecule has 0 heterocycles. The normalized spacial score (nSPS) is 20.1. The molecule has 0 aromatic rings. The third-order valence-electron chi connectivity index (χ3n) is 4.02. The molecule has 0 aromatic heterocycles. The quantitative estimate of drug-likeness (QED) is 0.824. The maximum atomic E-state index is 12.1. The van der Waals surface area contributed by atoms with Crippen molar-refractivity contribution in [1.29, 1.82) is 0 Å². The van der Waals surface area contributed by atoms with Gasteiger partial charge in [0.25, 0.3) is 0 Å². The predicted molar refractivity (Wildman–Crippen MR) is 71.7 cm³/mol. The molecule has 1 aliphatic carbocycles. The number of hydrogen-bond acceptors (Lipinski definition) is 2. The molecule has 1 aliphatic rings. The number of carbonyl (C=O) groups is 1. The largest absolute Gasteiger partial charge is 0.343 e. The van der Waals surface area contributed by atoms with Crippen molar-refractivity contribution in [2.45, 2.75) is 71.4 Å². The van der Waals surface area contributed by atoms with Gasteiger partial charge in [-0.2, -0.15) is 0 Å². The summed E-state index contributed by atoms with van der Waals surface area (Å²) in [5.41, 5.74) is 6.07. The molecule has 17 heavy (non-hydrogen) atoms. The number of hydrogen-bond donors (Lipinski definition) is 1. The van der Waals surface area contributed by atoms with Gasteiger partial charge in [-0.3, -0.25) is 4.79 Å². The van der Waals surface area contributed by atoms with Crippen molar-refractivity contribution >= 4 is 5.91 Å². The SMILES string of the molecule is CN(C(=O)CC(N)C(C)(C)C)C1CCCCC1. The third kappa shape index (κ3) is 4.30. The maximum absolute atomic E-state index is 12.1. The lowest BCUT2D eigenvalue weighted by Crippen LogP contribution is -2.44. The van der Waals surface area contributed by atoms with Crippen LogP contribution < -0.4 is 5.73 Å². The van der Waals surface area contributed by atoms with Gasteiger partial charge >= 0.3 is 0 Å². The second-order valence-corrected chi connectivity index (χ2v) is 6.47. The number of carbonyl (C=O) groups excluding carboxylic acids is 1. The highest BCUT2D eigenvalue weighted by molar-refractivity contribution is 5.77. The van der Waals surface area contributed by atoms with Crippen LogP contribution in [0.1, 0.15) is 59.3 Å². The molecule has 1 unspecified atom stereocenters. The molecule has 100 valence electrons. The van der Waals surface area contributed by atoms with Crippen LogP contribution in [-0.4, -0.2) is 29.9 Å². The number of nitrogens with zero attached hydrogens (tertiary/aromatic N) is 1. The van der Waals surface area contributed by atoms with Gasteiger partial charge in [-0.15, -0.1) is 0 Å². The molecule has 1 amide bonds. The Hall–Kier alpha value is -0.570. The maximum Gasteiger partial charge on any atom is 0.224 e. The second-order valence-electron chi connectivity index (χ2n) is 6.47. The third-order valence-corrected chi connectivity index (χ3v) is 4.02. The molecule has 3 nitrogen and oxygen atoms in total. The molecule has 0 spiro atoms. The summed E-state index contributed by atoms with van der Waals surface area (Å²) < 4.78 is 0. The summed E-state index contributed by atoms with van der Waals surface area (Å²) in [7, 11) is 1.94. The molecular formula is C14H28N2O. The minimum Gasteiger partial charge on any atom is -0.343 e. The molecule has 0 aliphatic heterocycles. The first kappa shape index (κ1) is 14.5. The lowest BCUT2D eigenvalue weighted by Gasteiger charge is -2.34. The molecule has 1 atom stereocenters. The van der Waals surface area contributed by atoms with E-state index in [1.165, 1.54) is 19.3 Å². The van der Waals surface area contributed by atoms with Crippen LogP contribution in [0.5, 0.6) is 0 Å². The van der Waals surface area contributed by atoms with Gasteiger partial charge in [0.05, 0.1) is 0 Å². The smallest absolute Gasteiger partial charge is 0.224 e. The van der Waals surface area contributed by atoms with Gasteiger partial charge in [0, 0.05) is 25.6 Å². The number of rotatable bonds is 3. The summed E-state index contributed by atoms with van der Waals surface area (Å²) in [5.74, 6) is 0.208. The van der Waals surface area contributed by atoms with E-state index in [0.717, 1.165) is 12.8 Å². The zero-order valence-electron chi connectivity index (χ0n) is 11.8. The summed E-state index contributed by atoms with van der Waals surface area (Å²) >= 11 is 0. The zero-order chi connectivity index (χ0) is 13.1. The summed E-state index contributed by atoms with van der Waals surface area (Å²) in [6.45, 7) is 6.27. The Bertz CT molecular complexity index is 251. The lowest BCUT2D eigenvalue weighted by atomic mass is 9.85. The van der Waals surface area contributed by atoms with Gasteiger partial charge in [-0.25, -0.2) is 0 Å². The van der Waals surface area contributed by atoms with E-state index in [9.17, 15) is 4.79 Å². The molecule has 1 rings (SSSR count). The van der Waals surface area contributed by atoms with Crippen LogP contribution in [0.15, 0.2) is 0 Å². The fourth-order valence-electron chi connectivity index (χ4n) is 2.31. The van der Waals surface area contributed by atoms with Gasteiger partial charge in [0.15, 0.2) is 0 Å². The second kappa shape index (κ2) is 5.85.